The van der Waals surface area contributed by atoms with E-state index >= 15 is 0 Å². The molecule has 6 heteroatoms. The van der Waals surface area contributed by atoms with Gasteiger partial charge < -0.3 is 18.8 Å². The Morgan fingerprint density at radius 1 is 1.41 bits per heavy atom. The fraction of sp³-hybridized carbons (Fsp3) is 0.688. The minimum atomic E-state index is 0.0619. The smallest absolute Gasteiger partial charge is 0.257 e. The first-order valence-corrected chi connectivity index (χ1v) is 7.82. The maximum Gasteiger partial charge on any atom is 0.257 e. The molecule has 2 aliphatic heterocycles. The lowest BCUT2D eigenvalue weighted by molar-refractivity contribution is -0.0157. The molecule has 0 aromatic carbocycles. The van der Waals surface area contributed by atoms with Gasteiger partial charge in [0.05, 0.1) is 30.6 Å². The van der Waals surface area contributed by atoms with Crippen LogP contribution in [0.3, 0.4) is 0 Å². The average molecular weight is 308 g/mol. The van der Waals surface area contributed by atoms with Crippen LogP contribution in [0.25, 0.3) is 0 Å². The van der Waals surface area contributed by atoms with Crippen LogP contribution in [0.5, 0.6) is 0 Å². The summed E-state index contributed by atoms with van der Waals surface area (Å²) < 4.78 is 15.9. The fourth-order valence-electron chi connectivity index (χ4n) is 3.74. The van der Waals surface area contributed by atoms with Crippen LogP contribution in [0.4, 0.5) is 0 Å². The van der Waals surface area contributed by atoms with E-state index in [2.05, 4.69) is 4.90 Å². The maximum atomic E-state index is 12.7. The second-order valence-corrected chi connectivity index (χ2v) is 6.06. The number of ether oxygens (including phenoxy) is 2. The van der Waals surface area contributed by atoms with Crippen LogP contribution >= 0.6 is 0 Å². The average Bonchev–Trinajstić information content (AvgIpc) is 3.20. The molecule has 0 N–H and O–H groups in total. The molecular formula is C16H24N2O4. The molecule has 1 aromatic rings. The molecule has 2 fully saturated rings. The van der Waals surface area contributed by atoms with Gasteiger partial charge in [0.25, 0.3) is 5.91 Å². The summed E-state index contributed by atoms with van der Waals surface area (Å²) in [6, 6.07) is 1.94. The predicted molar refractivity (Wildman–Crippen MR) is 80.8 cm³/mol. The van der Waals surface area contributed by atoms with Gasteiger partial charge in [0.15, 0.2) is 0 Å². The summed E-state index contributed by atoms with van der Waals surface area (Å²) in [4.78, 5) is 17.1. The number of carbonyl (C=O) groups excluding carboxylic acids is 1. The lowest BCUT2D eigenvalue weighted by atomic mass is 9.88. The standard InChI is InChI=1S/C16H24N2O4/c1-20-8-6-17-9-13-14(10-17)18(5-3-15(13)21-2)16(19)12-4-7-22-11-12/h4,7,11,13-15H,3,5-6,8-10H2,1-2H3/t13-,14+,15-/m0/s1. The van der Waals surface area contributed by atoms with Crippen molar-refractivity contribution in [2.24, 2.45) is 5.92 Å². The number of hydrogen-bond donors (Lipinski definition) is 0. The molecule has 3 heterocycles. The Labute approximate surface area is 131 Å². The number of methoxy groups -OCH3 is 2. The van der Waals surface area contributed by atoms with Gasteiger partial charge in [0.2, 0.25) is 0 Å². The SMILES string of the molecule is COCCN1C[C@@H]2[C@@H](OC)CCN(C(=O)c3ccoc3)[C@@H]2C1. The minimum Gasteiger partial charge on any atom is -0.472 e. The van der Waals surface area contributed by atoms with E-state index < -0.39 is 0 Å². The van der Waals surface area contributed by atoms with Crippen molar-refractivity contribution in [1.82, 2.24) is 9.80 Å². The molecule has 2 saturated heterocycles. The van der Waals surface area contributed by atoms with Crippen molar-refractivity contribution in [2.75, 3.05) is 47.0 Å². The lowest BCUT2D eigenvalue weighted by Gasteiger charge is -2.41. The highest BCUT2D eigenvalue weighted by atomic mass is 16.5. The van der Waals surface area contributed by atoms with Gasteiger partial charge in [-0.2, -0.15) is 0 Å². The second kappa shape index (κ2) is 6.81. The third-order valence-corrected chi connectivity index (χ3v) is 4.88. The number of likely N-dealkylation sites (tertiary alicyclic amines) is 2. The summed E-state index contributed by atoms with van der Waals surface area (Å²) in [5, 5.41) is 0. The normalized spacial score (nSPS) is 28.8. The molecule has 1 aromatic heterocycles. The second-order valence-electron chi connectivity index (χ2n) is 6.06. The number of carbonyl (C=O) groups is 1. The third kappa shape index (κ3) is 2.91. The molecule has 0 unspecified atom stereocenters. The number of amides is 1. The van der Waals surface area contributed by atoms with Gasteiger partial charge in [-0.25, -0.2) is 0 Å². The van der Waals surface area contributed by atoms with E-state index in [-0.39, 0.29) is 18.1 Å². The third-order valence-electron chi connectivity index (χ3n) is 4.88. The Bertz CT molecular complexity index is 490. The number of piperidine rings is 1. The van der Waals surface area contributed by atoms with Gasteiger partial charge in [-0.1, -0.05) is 0 Å². The van der Waals surface area contributed by atoms with Gasteiger partial charge >= 0.3 is 0 Å². The van der Waals surface area contributed by atoms with E-state index in [1.807, 2.05) is 4.90 Å². The molecule has 0 saturated carbocycles. The van der Waals surface area contributed by atoms with E-state index in [0.717, 1.165) is 32.6 Å². The fourth-order valence-corrected chi connectivity index (χ4v) is 3.74. The van der Waals surface area contributed by atoms with Crippen LogP contribution in [-0.4, -0.2) is 74.9 Å². The first-order chi connectivity index (χ1) is 10.7. The van der Waals surface area contributed by atoms with Crippen LogP contribution in [0.15, 0.2) is 23.0 Å². The summed E-state index contributed by atoms with van der Waals surface area (Å²) in [7, 11) is 3.49. The van der Waals surface area contributed by atoms with Crippen LogP contribution in [0.1, 0.15) is 16.8 Å². The monoisotopic (exact) mass is 308 g/mol. The van der Waals surface area contributed by atoms with E-state index in [9.17, 15) is 4.79 Å². The molecule has 0 bridgehead atoms. The lowest BCUT2D eigenvalue weighted by Crippen LogP contribution is -2.53. The number of furan rings is 1. The van der Waals surface area contributed by atoms with E-state index in [4.69, 9.17) is 13.9 Å². The Kier molecular flexibility index (Phi) is 4.81. The Balaban J connectivity index is 1.74. The van der Waals surface area contributed by atoms with Crippen molar-refractivity contribution in [3.05, 3.63) is 24.2 Å². The number of hydrogen-bond acceptors (Lipinski definition) is 5. The van der Waals surface area contributed by atoms with E-state index in [1.54, 1.807) is 26.5 Å². The van der Waals surface area contributed by atoms with Crippen molar-refractivity contribution < 1.29 is 18.7 Å². The van der Waals surface area contributed by atoms with Crippen molar-refractivity contribution in [3.63, 3.8) is 0 Å². The summed E-state index contributed by atoms with van der Waals surface area (Å²) in [6.45, 7) is 4.20. The van der Waals surface area contributed by atoms with Gasteiger partial charge in [-0.3, -0.25) is 9.69 Å². The number of nitrogens with zero attached hydrogens (tertiary/aromatic N) is 2. The van der Waals surface area contributed by atoms with Crippen molar-refractivity contribution >= 4 is 5.91 Å². The van der Waals surface area contributed by atoms with E-state index in [0.29, 0.717) is 18.1 Å². The Hall–Kier alpha value is -1.37. The first-order valence-electron chi connectivity index (χ1n) is 7.82. The number of rotatable bonds is 5. The Morgan fingerprint density at radius 3 is 2.95 bits per heavy atom. The van der Waals surface area contributed by atoms with Gasteiger partial charge in [0, 0.05) is 46.3 Å². The van der Waals surface area contributed by atoms with Gasteiger partial charge in [-0.15, -0.1) is 0 Å². The minimum absolute atomic E-state index is 0.0619. The van der Waals surface area contributed by atoms with Crippen molar-refractivity contribution in [2.45, 2.75) is 18.6 Å². The van der Waals surface area contributed by atoms with Crippen LogP contribution in [-0.2, 0) is 9.47 Å². The zero-order valence-corrected chi connectivity index (χ0v) is 13.2. The van der Waals surface area contributed by atoms with Crippen LogP contribution in [0, 0.1) is 5.92 Å². The molecule has 0 aliphatic carbocycles. The number of fused-ring (bicyclic) bond motifs is 1. The zero-order chi connectivity index (χ0) is 15.5. The molecule has 6 nitrogen and oxygen atoms in total. The molecular weight excluding hydrogens is 284 g/mol. The highest BCUT2D eigenvalue weighted by Crippen LogP contribution is 2.33. The van der Waals surface area contributed by atoms with Gasteiger partial charge in [0.1, 0.15) is 6.26 Å². The van der Waals surface area contributed by atoms with Crippen molar-refractivity contribution in [3.8, 4) is 0 Å². The first kappa shape index (κ1) is 15.5. The quantitative estimate of drug-likeness (QED) is 0.815. The summed E-state index contributed by atoms with van der Waals surface area (Å²) in [5.74, 6) is 0.429. The predicted octanol–water partition coefficient (Wildman–Crippen LogP) is 1.09. The zero-order valence-electron chi connectivity index (χ0n) is 13.2. The highest BCUT2D eigenvalue weighted by molar-refractivity contribution is 5.94. The molecule has 2 aliphatic rings. The maximum absolute atomic E-state index is 12.7. The molecule has 22 heavy (non-hydrogen) atoms. The largest absolute Gasteiger partial charge is 0.472 e. The van der Waals surface area contributed by atoms with Crippen molar-refractivity contribution in [1.29, 1.82) is 0 Å². The summed E-state index contributed by atoms with van der Waals surface area (Å²) in [6.07, 6.45) is 4.19. The van der Waals surface area contributed by atoms with Crippen LogP contribution < -0.4 is 0 Å². The summed E-state index contributed by atoms with van der Waals surface area (Å²) >= 11 is 0. The van der Waals surface area contributed by atoms with E-state index in [1.165, 1.54) is 6.26 Å². The Morgan fingerprint density at radius 2 is 2.27 bits per heavy atom. The highest BCUT2D eigenvalue weighted by Gasteiger charge is 2.46. The van der Waals surface area contributed by atoms with Crippen LogP contribution in [0.2, 0.25) is 0 Å². The van der Waals surface area contributed by atoms with Gasteiger partial charge in [-0.05, 0) is 12.5 Å². The molecule has 0 spiro atoms. The molecule has 3 atom stereocenters. The molecule has 1 amide bonds. The summed E-state index contributed by atoms with van der Waals surface area (Å²) in [5.41, 5.74) is 0.630. The topological polar surface area (TPSA) is 55.2 Å². The molecule has 0 radical (unpaired) electrons. The molecule has 3 rings (SSSR count). The molecule has 122 valence electrons.